The number of nitrogen functional groups attached to an aromatic ring is 1. The number of aryl methyl sites for hydroxylation is 2. The number of unbranched alkanes of at least 4 members (excludes halogenated alkanes) is 4. The average Bonchev–Trinajstić information content (AvgIpc) is 4.17. The molecular formula is C60H86Cl3N9O8. The molecule has 3 aromatic carbocycles. The number of benzene rings is 3. The number of likely N-dealkylation sites (tertiary alicyclic amines) is 2. The van der Waals surface area contributed by atoms with Crippen LogP contribution in [0.25, 0.3) is 0 Å². The van der Waals surface area contributed by atoms with Gasteiger partial charge in [0.1, 0.15) is 24.2 Å². The van der Waals surface area contributed by atoms with E-state index < -0.39 is 36.3 Å². The second-order valence-electron chi connectivity index (χ2n) is 21.7. The molecule has 0 radical (unpaired) electrons. The van der Waals surface area contributed by atoms with Gasteiger partial charge in [-0.05, 0) is 158 Å². The van der Waals surface area contributed by atoms with Crippen molar-refractivity contribution in [1.29, 1.82) is 0 Å². The van der Waals surface area contributed by atoms with E-state index in [2.05, 4.69) is 56.2 Å². The molecular weight excluding hydrogens is 1080 g/mol. The van der Waals surface area contributed by atoms with Crippen LogP contribution in [0.3, 0.4) is 0 Å². The summed E-state index contributed by atoms with van der Waals surface area (Å²) in [5.41, 5.74) is 11.9. The zero-order chi connectivity index (χ0) is 55.0. The minimum Gasteiger partial charge on any atom is -0.399 e. The highest BCUT2D eigenvalue weighted by atomic mass is 35.5. The normalized spacial score (nSPS) is 19.6. The molecule has 17 nitrogen and oxygen atoms in total. The number of anilines is 1. The molecule has 0 aromatic heterocycles. The molecule has 7 rings (SSSR count). The third-order valence-corrected chi connectivity index (χ3v) is 16.3. The number of amides is 6. The van der Waals surface area contributed by atoms with Crippen molar-refractivity contribution in [2.24, 2.45) is 0 Å². The highest BCUT2D eigenvalue weighted by Gasteiger charge is 2.41. The molecule has 6 amide bonds. The first kappa shape index (κ1) is 66.9. The molecule has 80 heavy (non-hydrogen) atoms. The SMILES string of the molecule is CN[C@@H](C)C(=O)N[C@@H](CCCCCC(=O)c1cc(N)cc(C(=O)CCCCC[C@H](NC(=O)[C@H](C)NC)C(=O)N2CCC[C@H]2C(=O)N[C@@H]2CCCc3ccccc32)c1)C(=O)N1CCC[C@H]1C(=O)N[C@@H]1CCCc2ccccc21.Cl.Cl.Cl. The van der Waals surface area contributed by atoms with Crippen molar-refractivity contribution in [2.45, 2.75) is 191 Å². The van der Waals surface area contributed by atoms with E-state index >= 15 is 0 Å². The van der Waals surface area contributed by atoms with E-state index in [1.807, 2.05) is 24.3 Å². The van der Waals surface area contributed by atoms with Gasteiger partial charge in [0.2, 0.25) is 35.4 Å². The molecule has 2 fully saturated rings. The Bertz CT molecular complexity index is 2440. The number of carbonyl (C=O) groups is 8. The zero-order valence-electron chi connectivity index (χ0n) is 47.0. The molecule has 0 unspecified atom stereocenters. The van der Waals surface area contributed by atoms with Gasteiger partial charge in [-0.1, -0.05) is 74.2 Å². The standard InChI is InChI=1S/C60H83N9O8.3ClH/c1-38(62-3)55(72)66-49(59(76)68-33-17-29-51(68)57(74)64-47-27-15-21-40-19-11-13-23-45(40)47)25-7-5-9-31-53(70)42-35-43(37-44(61)36-42)54(71)32-10-6-8-26-50(67-56(73)39(2)63-4)60(77)69-34-18-30-52(69)58(75)65-48-28-16-22-41-20-12-14-24-46(41)48;;;/h11-14,19-20,23-24,35-39,47-52,62-63H,5-10,15-18,21-22,25-34,61H2,1-4H3,(H,64,74)(H,65,75)(H,66,72)(H,67,73);3*1H/t38-,39-,47+,48+,49-,50-,51-,52-;;;/m0.../s1. The van der Waals surface area contributed by atoms with Crippen molar-refractivity contribution in [2.75, 3.05) is 32.9 Å². The van der Waals surface area contributed by atoms with E-state index in [9.17, 15) is 38.4 Å². The second-order valence-corrected chi connectivity index (χ2v) is 21.7. The monoisotopic (exact) mass is 1170 g/mol. The fourth-order valence-electron chi connectivity index (χ4n) is 11.6. The van der Waals surface area contributed by atoms with Crippen LogP contribution in [0.15, 0.2) is 66.7 Å². The highest BCUT2D eigenvalue weighted by molar-refractivity contribution is 6.02. The number of ketones is 2. The molecule has 3 aromatic rings. The van der Waals surface area contributed by atoms with Crippen LogP contribution in [0.2, 0.25) is 0 Å². The first-order valence-electron chi connectivity index (χ1n) is 28.5. The molecule has 0 spiro atoms. The predicted molar refractivity (Wildman–Crippen MR) is 318 cm³/mol. The molecule has 8 N–H and O–H groups in total. The van der Waals surface area contributed by atoms with E-state index in [-0.39, 0.29) is 109 Å². The molecule has 0 bridgehead atoms. The third kappa shape index (κ3) is 17.7. The van der Waals surface area contributed by atoms with Gasteiger partial charge in [-0.25, -0.2) is 0 Å². The zero-order valence-corrected chi connectivity index (χ0v) is 49.4. The Morgan fingerprint density at radius 3 is 1.34 bits per heavy atom. The molecule has 2 saturated heterocycles. The lowest BCUT2D eigenvalue weighted by Gasteiger charge is -2.32. The van der Waals surface area contributed by atoms with Crippen LogP contribution in [0.1, 0.15) is 184 Å². The molecule has 440 valence electrons. The molecule has 20 heteroatoms. The average molecular weight is 1170 g/mol. The number of Topliss-reactive ketones (excluding diaryl/α,β-unsaturated/α-hetero) is 2. The van der Waals surface area contributed by atoms with Gasteiger partial charge in [0, 0.05) is 42.7 Å². The van der Waals surface area contributed by atoms with Crippen molar-refractivity contribution < 1.29 is 38.4 Å². The lowest BCUT2D eigenvalue weighted by Crippen LogP contribution is -2.55. The van der Waals surface area contributed by atoms with Gasteiger partial charge < -0.3 is 47.4 Å². The molecule has 8 atom stereocenters. The van der Waals surface area contributed by atoms with Gasteiger partial charge in [0.05, 0.1) is 24.2 Å². The predicted octanol–water partition coefficient (Wildman–Crippen LogP) is 7.36. The van der Waals surface area contributed by atoms with Crippen LogP contribution in [-0.4, -0.2) is 120 Å². The van der Waals surface area contributed by atoms with Crippen LogP contribution in [0, 0.1) is 0 Å². The van der Waals surface area contributed by atoms with Crippen molar-refractivity contribution in [3.63, 3.8) is 0 Å². The number of nitrogens with one attached hydrogen (secondary N) is 6. The molecule has 2 heterocycles. The maximum Gasteiger partial charge on any atom is 0.245 e. The summed E-state index contributed by atoms with van der Waals surface area (Å²) in [6.07, 6.45) is 12.4. The summed E-state index contributed by atoms with van der Waals surface area (Å²) in [6.45, 7) is 4.28. The number of nitrogens with two attached hydrogens (primary N) is 1. The Kier molecular flexibility index (Phi) is 27.4. The van der Waals surface area contributed by atoms with Crippen molar-refractivity contribution in [1.82, 2.24) is 41.7 Å². The molecule has 2 aliphatic heterocycles. The number of nitrogens with zero attached hydrogens (tertiary/aromatic N) is 2. The van der Waals surface area contributed by atoms with E-state index in [1.165, 1.54) is 11.1 Å². The highest BCUT2D eigenvalue weighted by Crippen LogP contribution is 2.32. The number of halogens is 3. The van der Waals surface area contributed by atoms with E-state index in [4.69, 9.17) is 5.73 Å². The van der Waals surface area contributed by atoms with Gasteiger partial charge in [0.25, 0.3) is 0 Å². The first-order valence-corrected chi connectivity index (χ1v) is 28.5. The van der Waals surface area contributed by atoms with Gasteiger partial charge in [-0.3, -0.25) is 38.4 Å². The van der Waals surface area contributed by atoms with Gasteiger partial charge >= 0.3 is 0 Å². The van der Waals surface area contributed by atoms with E-state index in [0.29, 0.717) is 107 Å². The number of hydrogen-bond acceptors (Lipinski definition) is 11. The minimum absolute atomic E-state index is 0. The summed E-state index contributed by atoms with van der Waals surface area (Å²) >= 11 is 0. The summed E-state index contributed by atoms with van der Waals surface area (Å²) in [6, 6.07) is 16.8. The summed E-state index contributed by atoms with van der Waals surface area (Å²) < 4.78 is 0. The van der Waals surface area contributed by atoms with Crippen molar-refractivity contribution in [3.05, 3.63) is 100 Å². The van der Waals surface area contributed by atoms with Gasteiger partial charge in [0.15, 0.2) is 11.6 Å². The minimum atomic E-state index is -0.842. The van der Waals surface area contributed by atoms with Crippen LogP contribution < -0.4 is 37.6 Å². The number of hydrogen-bond donors (Lipinski definition) is 7. The number of fused-ring (bicyclic) bond motifs is 2. The van der Waals surface area contributed by atoms with E-state index in [1.54, 1.807) is 55.9 Å². The fraction of sp³-hybridized carbons (Fsp3) is 0.567. The van der Waals surface area contributed by atoms with Crippen LogP contribution in [0.5, 0.6) is 0 Å². The van der Waals surface area contributed by atoms with Crippen molar-refractivity contribution in [3.8, 4) is 0 Å². The Balaban J connectivity index is 0.00000459. The summed E-state index contributed by atoms with van der Waals surface area (Å²) in [5, 5.41) is 18.2. The Morgan fingerprint density at radius 1 is 0.537 bits per heavy atom. The Labute approximate surface area is 491 Å². The lowest BCUT2D eigenvalue weighted by molar-refractivity contribution is -0.142. The molecule has 0 saturated carbocycles. The summed E-state index contributed by atoms with van der Waals surface area (Å²) in [4.78, 5) is 113. The van der Waals surface area contributed by atoms with Crippen LogP contribution in [-0.2, 0) is 41.6 Å². The van der Waals surface area contributed by atoms with Crippen molar-refractivity contribution >= 4 is 89.9 Å². The largest absolute Gasteiger partial charge is 0.399 e. The smallest absolute Gasteiger partial charge is 0.245 e. The quantitative estimate of drug-likeness (QED) is 0.0238. The topological polar surface area (TPSA) is 241 Å². The molecule has 2 aliphatic carbocycles. The number of carbonyl (C=O) groups excluding carboxylic acids is 8. The first-order chi connectivity index (χ1) is 37.2. The maximum absolute atomic E-state index is 14.2. The van der Waals surface area contributed by atoms with E-state index in [0.717, 1.165) is 49.7 Å². The lowest BCUT2D eigenvalue weighted by atomic mass is 9.87. The summed E-state index contributed by atoms with van der Waals surface area (Å²) in [5.74, 6) is -1.88. The summed E-state index contributed by atoms with van der Waals surface area (Å²) in [7, 11) is 3.35. The number of rotatable bonds is 26. The second kappa shape index (κ2) is 32.8. The van der Waals surface area contributed by atoms with Gasteiger partial charge in [-0.2, -0.15) is 0 Å². The Hall–Kier alpha value is -5.59. The van der Waals surface area contributed by atoms with Gasteiger partial charge in [-0.15, -0.1) is 37.2 Å². The Morgan fingerprint density at radius 2 is 0.938 bits per heavy atom. The van der Waals surface area contributed by atoms with Crippen LogP contribution >= 0.6 is 37.2 Å². The van der Waals surface area contributed by atoms with Crippen LogP contribution in [0.4, 0.5) is 5.69 Å². The molecule has 4 aliphatic rings. The maximum atomic E-state index is 14.2. The number of likely N-dealkylation sites (N-methyl/N-ethyl adjacent to an activating group) is 2. The third-order valence-electron chi connectivity index (χ3n) is 16.3. The fourth-order valence-corrected chi connectivity index (χ4v) is 11.6.